The first-order chi connectivity index (χ1) is 15.5. The molecule has 1 amide bonds. The van der Waals surface area contributed by atoms with Crippen LogP contribution >= 0.6 is 0 Å². The summed E-state index contributed by atoms with van der Waals surface area (Å²) in [6.07, 6.45) is 6.50. The Hall–Kier alpha value is -3.30. The van der Waals surface area contributed by atoms with Crippen molar-refractivity contribution in [1.82, 2.24) is 20.1 Å². The summed E-state index contributed by atoms with van der Waals surface area (Å²) in [4.78, 5) is 15.6. The van der Waals surface area contributed by atoms with E-state index in [9.17, 15) is 9.18 Å². The molecule has 6 N–H and O–H groups in total. The molecule has 4 rings (SSSR count). The first-order valence-electron chi connectivity index (χ1n) is 10.7. The molecule has 8 nitrogen and oxygen atoms in total. The van der Waals surface area contributed by atoms with Gasteiger partial charge in [0.25, 0.3) is 5.91 Å². The third-order valence-corrected chi connectivity index (χ3v) is 6.19. The molecule has 3 aromatic rings. The van der Waals surface area contributed by atoms with Crippen LogP contribution in [-0.2, 0) is 12.1 Å². The number of amides is 1. The molecule has 1 aliphatic carbocycles. The van der Waals surface area contributed by atoms with Crippen molar-refractivity contribution in [3.63, 3.8) is 0 Å². The van der Waals surface area contributed by atoms with E-state index in [0.29, 0.717) is 18.3 Å². The van der Waals surface area contributed by atoms with Crippen LogP contribution in [0.15, 0.2) is 54.9 Å². The van der Waals surface area contributed by atoms with E-state index in [1.807, 2.05) is 18.2 Å². The van der Waals surface area contributed by atoms with Gasteiger partial charge in [0.1, 0.15) is 5.56 Å². The van der Waals surface area contributed by atoms with Gasteiger partial charge in [0.05, 0.1) is 5.54 Å². The molecule has 168 valence electrons. The lowest BCUT2D eigenvalue weighted by molar-refractivity contribution is 0.1000. The third-order valence-electron chi connectivity index (χ3n) is 6.19. The number of nitrogens with two attached hydrogens (primary N) is 2. The number of carbonyl (C=O) groups excluding carboxylic acids is 1. The number of carbonyl (C=O) groups is 1. The Morgan fingerprint density at radius 2 is 1.97 bits per heavy atom. The quantitative estimate of drug-likeness (QED) is 0.402. The lowest BCUT2D eigenvalue weighted by Gasteiger charge is -2.40. The van der Waals surface area contributed by atoms with E-state index in [4.69, 9.17) is 11.5 Å². The van der Waals surface area contributed by atoms with Crippen molar-refractivity contribution in [1.29, 1.82) is 0 Å². The number of hydrogen-bond donors (Lipinski definition) is 4. The average molecular weight is 438 g/mol. The van der Waals surface area contributed by atoms with Crippen molar-refractivity contribution >= 4 is 17.4 Å². The number of halogens is 1. The van der Waals surface area contributed by atoms with Crippen LogP contribution in [0.3, 0.4) is 0 Å². The number of nitrogens with zero attached hydrogens (tertiary/aromatic N) is 3. The van der Waals surface area contributed by atoms with Gasteiger partial charge in [-0.3, -0.25) is 9.48 Å². The number of hydrogen-bond acceptors (Lipinski definition) is 6. The highest BCUT2D eigenvalue weighted by atomic mass is 19.1. The Balaban J connectivity index is 1.48. The molecule has 0 atom stereocenters. The van der Waals surface area contributed by atoms with Crippen LogP contribution in [0.4, 0.5) is 15.9 Å². The largest absolute Gasteiger partial charge is 0.365 e. The minimum absolute atomic E-state index is 0.236. The molecule has 1 saturated carbocycles. The van der Waals surface area contributed by atoms with E-state index in [2.05, 4.69) is 32.8 Å². The lowest BCUT2D eigenvalue weighted by Crippen LogP contribution is -2.47. The molecule has 1 aromatic carbocycles. The summed E-state index contributed by atoms with van der Waals surface area (Å²) in [6.45, 7) is 1.22. The maximum Gasteiger partial charge on any atom is 0.254 e. The zero-order valence-electron chi connectivity index (χ0n) is 17.8. The number of aromatic nitrogens is 3. The fourth-order valence-electron chi connectivity index (χ4n) is 4.25. The third kappa shape index (κ3) is 4.79. The summed E-state index contributed by atoms with van der Waals surface area (Å²) in [7, 11) is 0. The van der Waals surface area contributed by atoms with Crippen LogP contribution in [0.2, 0.25) is 0 Å². The summed E-state index contributed by atoms with van der Waals surface area (Å²) in [5, 5.41) is 11.2. The Morgan fingerprint density at radius 1 is 1.22 bits per heavy atom. The second kappa shape index (κ2) is 9.46. The van der Waals surface area contributed by atoms with Crippen LogP contribution < -0.4 is 22.1 Å². The van der Waals surface area contributed by atoms with Gasteiger partial charge >= 0.3 is 0 Å². The summed E-state index contributed by atoms with van der Waals surface area (Å²) < 4.78 is 15.2. The van der Waals surface area contributed by atoms with Crippen molar-refractivity contribution in [2.24, 2.45) is 11.5 Å². The number of nitrogens with one attached hydrogen (secondary N) is 2. The van der Waals surface area contributed by atoms with Gasteiger partial charge in [-0.15, -0.1) is 0 Å². The molecule has 0 aliphatic heterocycles. The van der Waals surface area contributed by atoms with Gasteiger partial charge in [-0.25, -0.2) is 4.98 Å². The molecule has 2 aromatic heterocycles. The van der Waals surface area contributed by atoms with Gasteiger partial charge in [-0.2, -0.15) is 9.49 Å². The second-order valence-electron chi connectivity index (χ2n) is 8.26. The average Bonchev–Trinajstić information content (AvgIpc) is 3.23. The topological polar surface area (TPSA) is 124 Å². The van der Waals surface area contributed by atoms with Crippen LogP contribution in [-0.4, -0.2) is 33.3 Å². The standard InChI is InChI=1S/C23H28FN7O/c24-20-12-18(8-11-27-20)29-22-19(21(26)32)14-31(30-22)23(15-25)9-6-17(7-10-23)28-13-16-4-2-1-3-5-16/h1-5,8,11-12,14,17,28H,6-7,9-10,13,15,25H2,(H2,26,32)(H,27,29,30). The van der Waals surface area contributed by atoms with Gasteiger partial charge in [-0.05, 0) is 37.3 Å². The molecule has 32 heavy (non-hydrogen) atoms. The minimum atomic E-state index is -0.630. The number of benzene rings is 1. The molecule has 9 heteroatoms. The fraction of sp³-hybridized carbons (Fsp3) is 0.348. The van der Waals surface area contributed by atoms with E-state index >= 15 is 0 Å². The van der Waals surface area contributed by atoms with Crippen molar-refractivity contribution in [3.05, 3.63) is 71.9 Å². The van der Waals surface area contributed by atoms with Gasteiger partial charge in [-0.1, -0.05) is 30.3 Å². The predicted molar refractivity (Wildman–Crippen MR) is 121 cm³/mol. The van der Waals surface area contributed by atoms with Gasteiger partial charge < -0.3 is 22.1 Å². The molecule has 0 unspecified atom stereocenters. The van der Waals surface area contributed by atoms with Gasteiger partial charge in [0.15, 0.2) is 5.82 Å². The first kappa shape index (κ1) is 21.9. The Morgan fingerprint density at radius 3 is 2.62 bits per heavy atom. The minimum Gasteiger partial charge on any atom is -0.365 e. The molecule has 0 radical (unpaired) electrons. The van der Waals surface area contributed by atoms with Crippen molar-refractivity contribution in [2.75, 3.05) is 11.9 Å². The van der Waals surface area contributed by atoms with E-state index in [1.165, 1.54) is 17.8 Å². The second-order valence-corrected chi connectivity index (χ2v) is 8.26. The van der Waals surface area contributed by atoms with E-state index < -0.39 is 17.4 Å². The highest BCUT2D eigenvalue weighted by molar-refractivity contribution is 5.98. The van der Waals surface area contributed by atoms with E-state index in [-0.39, 0.29) is 11.4 Å². The Bertz CT molecular complexity index is 1060. The van der Waals surface area contributed by atoms with Crippen LogP contribution in [0.5, 0.6) is 0 Å². The SMILES string of the molecule is NCC1(n2cc(C(N)=O)c(Nc3ccnc(F)c3)n2)CCC(NCc2ccccc2)CC1. The number of primary amides is 1. The number of rotatable bonds is 8. The molecule has 1 aliphatic rings. The fourth-order valence-corrected chi connectivity index (χ4v) is 4.25. The maximum absolute atomic E-state index is 13.5. The number of anilines is 2. The monoisotopic (exact) mass is 437 g/mol. The van der Waals surface area contributed by atoms with E-state index in [0.717, 1.165) is 32.2 Å². The summed E-state index contributed by atoms with van der Waals surface area (Å²) in [6, 6.07) is 13.5. The Labute approximate surface area is 186 Å². The molecule has 0 spiro atoms. The van der Waals surface area contributed by atoms with E-state index in [1.54, 1.807) is 16.9 Å². The maximum atomic E-state index is 13.5. The van der Waals surface area contributed by atoms with Gasteiger partial charge in [0.2, 0.25) is 5.95 Å². The van der Waals surface area contributed by atoms with Crippen LogP contribution in [0.1, 0.15) is 41.6 Å². The van der Waals surface area contributed by atoms with Gasteiger partial charge in [0, 0.05) is 43.3 Å². The molecule has 0 saturated heterocycles. The summed E-state index contributed by atoms with van der Waals surface area (Å²) in [5.41, 5.74) is 13.3. The summed E-state index contributed by atoms with van der Waals surface area (Å²) >= 11 is 0. The van der Waals surface area contributed by atoms with Crippen LogP contribution in [0, 0.1) is 5.95 Å². The van der Waals surface area contributed by atoms with Crippen LogP contribution in [0.25, 0.3) is 0 Å². The zero-order chi connectivity index (χ0) is 22.6. The van der Waals surface area contributed by atoms with Crippen molar-refractivity contribution < 1.29 is 9.18 Å². The molecular formula is C23H28FN7O. The molecular weight excluding hydrogens is 409 g/mol. The molecule has 2 heterocycles. The zero-order valence-corrected chi connectivity index (χ0v) is 17.8. The predicted octanol–water partition coefficient (Wildman–Crippen LogP) is 2.65. The Kier molecular flexibility index (Phi) is 6.48. The number of pyridine rings is 1. The smallest absolute Gasteiger partial charge is 0.254 e. The highest BCUT2D eigenvalue weighted by Gasteiger charge is 2.37. The van der Waals surface area contributed by atoms with Crippen molar-refractivity contribution in [3.8, 4) is 0 Å². The normalized spacial score (nSPS) is 20.8. The molecule has 0 bridgehead atoms. The summed E-state index contributed by atoms with van der Waals surface area (Å²) in [5.74, 6) is -0.964. The lowest BCUT2D eigenvalue weighted by atomic mass is 9.79. The highest BCUT2D eigenvalue weighted by Crippen LogP contribution is 2.35. The first-order valence-corrected chi connectivity index (χ1v) is 10.7. The molecule has 1 fully saturated rings. The van der Waals surface area contributed by atoms with Crippen molar-refractivity contribution in [2.45, 2.75) is 43.8 Å².